The number of thiazole rings is 1. The molecule has 1 aromatic carbocycles. The first-order chi connectivity index (χ1) is 14.0. The molecule has 0 unspecified atom stereocenters. The van der Waals surface area contributed by atoms with Crippen LogP contribution in [0.5, 0.6) is 0 Å². The van der Waals surface area contributed by atoms with Gasteiger partial charge in [-0.15, -0.1) is 11.3 Å². The van der Waals surface area contributed by atoms with Crippen LogP contribution in [0.1, 0.15) is 17.1 Å². The average Bonchev–Trinajstić information content (AvgIpc) is 3.30. The molecule has 2 aromatic heterocycles. The molecule has 1 aliphatic heterocycles. The van der Waals surface area contributed by atoms with Gasteiger partial charge in [-0.05, 0) is 13.8 Å². The fraction of sp³-hybridized carbons (Fsp3) is 0.381. The molecule has 0 bridgehead atoms. The van der Waals surface area contributed by atoms with E-state index in [-0.39, 0.29) is 12.5 Å². The number of hydrogen-bond acceptors (Lipinski definition) is 5. The summed E-state index contributed by atoms with van der Waals surface area (Å²) < 4.78 is 1.70. The lowest BCUT2D eigenvalue weighted by Gasteiger charge is -2.34. The van der Waals surface area contributed by atoms with Crippen LogP contribution in [0.4, 0.5) is 0 Å². The second-order valence-electron chi connectivity index (χ2n) is 7.31. The van der Waals surface area contributed by atoms with E-state index in [1.54, 1.807) is 16.0 Å². The van der Waals surface area contributed by atoms with E-state index in [1.165, 1.54) is 0 Å². The van der Waals surface area contributed by atoms with Crippen molar-refractivity contribution in [3.63, 3.8) is 0 Å². The van der Waals surface area contributed by atoms with Crippen LogP contribution in [0.25, 0.3) is 10.6 Å². The summed E-state index contributed by atoms with van der Waals surface area (Å²) in [7, 11) is 0. The molecule has 1 saturated heterocycles. The van der Waals surface area contributed by atoms with Gasteiger partial charge in [-0.2, -0.15) is 5.10 Å². The van der Waals surface area contributed by atoms with Crippen LogP contribution in [0.3, 0.4) is 0 Å². The number of hydrogen-bond donors (Lipinski definition) is 0. The second-order valence-corrected chi connectivity index (χ2v) is 8.55. The van der Waals surface area contributed by atoms with E-state index in [4.69, 9.17) is 16.6 Å². The number of amides is 1. The van der Waals surface area contributed by atoms with Gasteiger partial charge in [0.15, 0.2) is 0 Å². The summed E-state index contributed by atoms with van der Waals surface area (Å²) in [4.78, 5) is 21.7. The van der Waals surface area contributed by atoms with E-state index in [1.807, 2.05) is 36.9 Å². The summed E-state index contributed by atoms with van der Waals surface area (Å²) >= 11 is 7.86. The third-order valence-corrected chi connectivity index (χ3v) is 6.75. The summed E-state index contributed by atoms with van der Waals surface area (Å²) in [6.07, 6.45) is 0. The van der Waals surface area contributed by atoms with Crippen molar-refractivity contribution in [2.75, 3.05) is 26.2 Å². The van der Waals surface area contributed by atoms with Crippen molar-refractivity contribution < 1.29 is 4.79 Å². The van der Waals surface area contributed by atoms with Crippen LogP contribution in [0.15, 0.2) is 35.7 Å². The first-order valence-corrected chi connectivity index (χ1v) is 11.0. The zero-order chi connectivity index (χ0) is 20.4. The van der Waals surface area contributed by atoms with Gasteiger partial charge in [0.1, 0.15) is 11.6 Å². The number of carbonyl (C=O) groups excluding carboxylic acids is 1. The largest absolute Gasteiger partial charge is 0.339 e. The Bertz CT molecular complexity index is 992. The maximum atomic E-state index is 12.7. The third kappa shape index (κ3) is 4.52. The number of rotatable bonds is 5. The lowest BCUT2D eigenvalue weighted by Crippen LogP contribution is -2.49. The minimum absolute atomic E-state index is 0.0898. The van der Waals surface area contributed by atoms with Crippen molar-refractivity contribution in [3.05, 3.63) is 57.8 Å². The summed E-state index contributed by atoms with van der Waals surface area (Å²) in [5.41, 5.74) is 3.85. The quantitative estimate of drug-likeness (QED) is 0.621. The summed E-state index contributed by atoms with van der Waals surface area (Å²) in [5.74, 6) is 0.0898. The molecule has 0 atom stereocenters. The van der Waals surface area contributed by atoms with E-state index < -0.39 is 0 Å². The minimum Gasteiger partial charge on any atom is -0.339 e. The molecule has 3 heterocycles. The van der Waals surface area contributed by atoms with Crippen molar-refractivity contribution in [2.45, 2.75) is 26.9 Å². The Hall–Kier alpha value is -2.22. The number of halogens is 1. The molecule has 3 aromatic rings. The third-order valence-electron chi connectivity index (χ3n) is 5.26. The van der Waals surface area contributed by atoms with E-state index in [9.17, 15) is 4.79 Å². The van der Waals surface area contributed by atoms with Crippen LogP contribution < -0.4 is 0 Å². The summed E-state index contributed by atoms with van der Waals surface area (Å²) in [6, 6.07) is 10.3. The van der Waals surface area contributed by atoms with Gasteiger partial charge < -0.3 is 4.90 Å². The molecule has 1 amide bonds. The maximum absolute atomic E-state index is 12.7. The number of aromatic nitrogens is 3. The average molecular weight is 430 g/mol. The molecule has 152 valence electrons. The van der Waals surface area contributed by atoms with E-state index >= 15 is 0 Å². The van der Waals surface area contributed by atoms with E-state index in [0.29, 0.717) is 5.02 Å². The highest BCUT2D eigenvalue weighted by atomic mass is 35.5. The van der Waals surface area contributed by atoms with Gasteiger partial charge in [0.05, 0.1) is 22.1 Å². The summed E-state index contributed by atoms with van der Waals surface area (Å²) in [6.45, 7) is 7.96. The number of aryl methyl sites for hydroxylation is 1. The molecule has 0 N–H and O–H groups in total. The normalized spacial score (nSPS) is 15.1. The fourth-order valence-electron chi connectivity index (χ4n) is 3.53. The van der Waals surface area contributed by atoms with Crippen LogP contribution in [-0.2, 0) is 17.9 Å². The van der Waals surface area contributed by atoms with Gasteiger partial charge in [-0.3, -0.25) is 14.4 Å². The highest BCUT2D eigenvalue weighted by Gasteiger charge is 2.23. The van der Waals surface area contributed by atoms with E-state index in [0.717, 1.165) is 60.4 Å². The Balaban J connectivity index is 1.30. The molecule has 1 fully saturated rings. The zero-order valence-corrected chi connectivity index (χ0v) is 18.2. The van der Waals surface area contributed by atoms with Crippen LogP contribution >= 0.6 is 22.9 Å². The molecule has 1 aliphatic rings. The van der Waals surface area contributed by atoms with Crippen molar-refractivity contribution in [2.24, 2.45) is 0 Å². The van der Waals surface area contributed by atoms with Crippen LogP contribution in [0, 0.1) is 13.8 Å². The second kappa shape index (κ2) is 8.65. The first-order valence-electron chi connectivity index (χ1n) is 9.70. The van der Waals surface area contributed by atoms with Gasteiger partial charge in [-0.1, -0.05) is 41.9 Å². The molecule has 0 aliphatic carbocycles. The van der Waals surface area contributed by atoms with Crippen molar-refractivity contribution >= 4 is 28.8 Å². The molecule has 8 heteroatoms. The Morgan fingerprint density at radius 3 is 2.52 bits per heavy atom. The van der Waals surface area contributed by atoms with Crippen molar-refractivity contribution in [1.82, 2.24) is 24.6 Å². The molecular weight excluding hydrogens is 406 g/mol. The smallest absolute Gasteiger partial charge is 0.244 e. The lowest BCUT2D eigenvalue weighted by molar-refractivity contribution is -0.133. The number of piperazine rings is 1. The Morgan fingerprint density at radius 1 is 1.14 bits per heavy atom. The zero-order valence-electron chi connectivity index (χ0n) is 16.6. The molecular formula is C21H24ClN5OS. The topological polar surface area (TPSA) is 54.3 Å². The monoisotopic (exact) mass is 429 g/mol. The minimum atomic E-state index is 0.0898. The van der Waals surface area contributed by atoms with Gasteiger partial charge in [0.25, 0.3) is 0 Å². The van der Waals surface area contributed by atoms with Crippen molar-refractivity contribution in [3.8, 4) is 10.6 Å². The standard InChI is InChI=1S/C21H24ClN5OS/c1-15-20(22)16(2)27(24-15)13-19(28)26-10-8-25(9-11-26)12-18-14-29-21(23-18)17-6-4-3-5-7-17/h3-7,14H,8-13H2,1-2H3. The predicted octanol–water partition coefficient (Wildman–Crippen LogP) is 3.62. The predicted molar refractivity (Wildman–Crippen MR) is 116 cm³/mol. The molecule has 0 radical (unpaired) electrons. The SMILES string of the molecule is Cc1nn(CC(=O)N2CCN(Cc3csc(-c4ccccc4)n3)CC2)c(C)c1Cl. The molecule has 29 heavy (non-hydrogen) atoms. The van der Waals surface area contributed by atoms with Gasteiger partial charge in [0.2, 0.25) is 5.91 Å². The Labute approximate surface area is 179 Å². The number of nitrogens with zero attached hydrogens (tertiary/aromatic N) is 5. The van der Waals surface area contributed by atoms with Crippen LogP contribution in [0.2, 0.25) is 5.02 Å². The van der Waals surface area contributed by atoms with Gasteiger partial charge in [-0.25, -0.2) is 4.98 Å². The Kier molecular flexibility index (Phi) is 5.99. The van der Waals surface area contributed by atoms with Gasteiger partial charge >= 0.3 is 0 Å². The Morgan fingerprint density at radius 2 is 1.86 bits per heavy atom. The van der Waals surface area contributed by atoms with E-state index in [2.05, 4.69) is 27.5 Å². The van der Waals surface area contributed by atoms with Crippen molar-refractivity contribution in [1.29, 1.82) is 0 Å². The highest BCUT2D eigenvalue weighted by molar-refractivity contribution is 7.13. The molecule has 0 spiro atoms. The maximum Gasteiger partial charge on any atom is 0.244 e. The number of benzene rings is 1. The lowest BCUT2D eigenvalue weighted by atomic mass is 10.2. The number of carbonyl (C=O) groups is 1. The molecule has 6 nitrogen and oxygen atoms in total. The van der Waals surface area contributed by atoms with Gasteiger partial charge in [0, 0.05) is 43.7 Å². The first kappa shape index (κ1) is 20.1. The highest BCUT2D eigenvalue weighted by Crippen LogP contribution is 2.24. The molecule has 4 rings (SSSR count). The fourth-order valence-corrected chi connectivity index (χ4v) is 4.49. The summed E-state index contributed by atoms with van der Waals surface area (Å²) in [5, 5.41) is 8.19. The van der Waals surface area contributed by atoms with Crippen LogP contribution in [-0.4, -0.2) is 56.7 Å². The molecule has 0 saturated carbocycles.